The van der Waals surface area contributed by atoms with E-state index >= 15 is 0 Å². The highest BCUT2D eigenvalue weighted by Crippen LogP contribution is 2.42. The molecule has 0 radical (unpaired) electrons. The largest absolute Gasteiger partial charge is 0.478 e. The molecule has 0 unspecified atom stereocenters. The molecule has 0 spiro atoms. The highest BCUT2D eigenvalue weighted by Gasteiger charge is 2.26. The minimum absolute atomic E-state index is 0.165. The zero-order valence-corrected chi connectivity index (χ0v) is 13.7. The van der Waals surface area contributed by atoms with Crippen molar-refractivity contribution in [2.75, 3.05) is 0 Å². The summed E-state index contributed by atoms with van der Waals surface area (Å²) < 4.78 is 0. The monoisotopic (exact) mass is 374 g/mol. The topological polar surface area (TPSA) is 149 Å². The molecule has 2 aromatic carbocycles. The minimum Gasteiger partial charge on any atom is -0.478 e. The molecule has 3 rings (SSSR count). The molecule has 132 valence electrons. The van der Waals surface area contributed by atoms with Crippen molar-refractivity contribution >= 4 is 35.6 Å². The number of carboxylic acid groups (broad SMARTS) is 4. The van der Waals surface area contributed by atoms with E-state index in [0.29, 0.717) is 20.9 Å². The van der Waals surface area contributed by atoms with E-state index in [-0.39, 0.29) is 28.7 Å². The molecule has 0 fully saturated rings. The zero-order valence-electron chi connectivity index (χ0n) is 12.8. The van der Waals surface area contributed by atoms with Crippen molar-refractivity contribution in [2.24, 2.45) is 0 Å². The van der Waals surface area contributed by atoms with Gasteiger partial charge >= 0.3 is 23.9 Å². The van der Waals surface area contributed by atoms with Crippen LogP contribution in [-0.4, -0.2) is 44.3 Å². The summed E-state index contributed by atoms with van der Waals surface area (Å²) in [5, 5.41) is 36.8. The molecule has 0 aliphatic carbocycles. The lowest BCUT2D eigenvalue weighted by atomic mass is 9.95. The van der Waals surface area contributed by atoms with E-state index in [2.05, 4.69) is 0 Å². The van der Waals surface area contributed by atoms with Crippen LogP contribution >= 0.6 is 11.8 Å². The predicted molar refractivity (Wildman–Crippen MR) is 87.7 cm³/mol. The quantitative estimate of drug-likeness (QED) is 0.540. The summed E-state index contributed by atoms with van der Waals surface area (Å²) in [6, 6.07) is 4.98. The van der Waals surface area contributed by atoms with Gasteiger partial charge in [0.15, 0.2) is 0 Å². The first-order valence-corrected chi connectivity index (χ1v) is 7.95. The zero-order chi connectivity index (χ0) is 19.2. The lowest BCUT2D eigenvalue weighted by Gasteiger charge is -2.21. The Morgan fingerprint density at radius 2 is 0.923 bits per heavy atom. The third kappa shape index (κ3) is 2.88. The van der Waals surface area contributed by atoms with Gasteiger partial charge in [0.1, 0.15) is 0 Å². The number of carboxylic acids is 4. The highest BCUT2D eigenvalue weighted by atomic mass is 32.2. The number of hydrogen-bond donors (Lipinski definition) is 4. The van der Waals surface area contributed by atoms with E-state index in [1.807, 2.05) is 0 Å². The maximum Gasteiger partial charge on any atom is 0.336 e. The van der Waals surface area contributed by atoms with Gasteiger partial charge in [0.2, 0.25) is 0 Å². The van der Waals surface area contributed by atoms with E-state index < -0.39 is 23.9 Å². The Balaban J connectivity index is 2.16. The summed E-state index contributed by atoms with van der Waals surface area (Å²) in [7, 11) is 0. The van der Waals surface area contributed by atoms with Gasteiger partial charge in [-0.05, 0) is 41.8 Å². The van der Waals surface area contributed by atoms with Crippen LogP contribution in [0.4, 0.5) is 0 Å². The molecule has 0 atom stereocenters. The van der Waals surface area contributed by atoms with Crippen LogP contribution in [0.2, 0.25) is 0 Å². The Morgan fingerprint density at radius 3 is 1.23 bits per heavy atom. The minimum atomic E-state index is -1.39. The van der Waals surface area contributed by atoms with E-state index in [1.165, 1.54) is 24.3 Å². The summed E-state index contributed by atoms with van der Waals surface area (Å²) in [6.07, 6.45) is 0.165. The number of fused-ring (bicyclic) bond motifs is 2. The average molecular weight is 374 g/mol. The number of benzene rings is 2. The Hall–Kier alpha value is -3.33. The molecular weight excluding hydrogens is 364 g/mol. The summed E-state index contributed by atoms with van der Waals surface area (Å²) in [5.74, 6) is -5.53. The summed E-state index contributed by atoms with van der Waals surface area (Å²) in [6.45, 7) is 0. The van der Waals surface area contributed by atoms with E-state index in [4.69, 9.17) is 0 Å². The van der Waals surface area contributed by atoms with Gasteiger partial charge in [-0.2, -0.15) is 0 Å². The maximum absolute atomic E-state index is 11.3. The molecule has 26 heavy (non-hydrogen) atoms. The smallest absolute Gasteiger partial charge is 0.336 e. The van der Waals surface area contributed by atoms with Crippen LogP contribution < -0.4 is 0 Å². The van der Waals surface area contributed by atoms with Gasteiger partial charge in [0.25, 0.3) is 0 Å². The normalized spacial score (nSPS) is 12.0. The average Bonchev–Trinajstić information content (AvgIpc) is 2.57. The molecule has 0 saturated carbocycles. The van der Waals surface area contributed by atoms with Crippen molar-refractivity contribution in [1.82, 2.24) is 0 Å². The van der Waals surface area contributed by atoms with Crippen LogP contribution in [0.1, 0.15) is 52.6 Å². The number of hydrogen-bond acceptors (Lipinski definition) is 5. The molecule has 2 aromatic rings. The van der Waals surface area contributed by atoms with Crippen molar-refractivity contribution in [1.29, 1.82) is 0 Å². The van der Waals surface area contributed by atoms with Gasteiger partial charge in [-0.1, -0.05) is 11.8 Å². The summed E-state index contributed by atoms with van der Waals surface area (Å²) in [4.78, 5) is 46.2. The standard InChI is InChI=1S/C17H10O8S/c18-14(19)8-2-6-1-7-3-9(15(20)21)11(17(24)25)5-13(7)26-12(6)4-10(8)16(22)23/h2-5H,1H2,(H,18,19)(H,20,21)(H,22,23)(H,24,25). The molecule has 1 heterocycles. The molecule has 1 aliphatic rings. The van der Waals surface area contributed by atoms with Gasteiger partial charge in [-0.15, -0.1) is 0 Å². The Kier molecular flexibility index (Phi) is 4.17. The van der Waals surface area contributed by atoms with Crippen LogP contribution in [0, 0.1) is 0 Å². The molecule has 0 aromatic heterocycles. The highest BCUT2D eigenvalue weighted by molar-refractivity contribution is 7.99. The van der Waals surface area contributed by atoms with Crippen molar-refractivity contribution in [3.05, 3.63) is 57.6 Å². The van der Waals surface area contributed by atoms with Crippen LogP contribution in [-0.2, 0) is 6.42 Å². The second-order valence-electron chi connectivity index (χ2n) is 5.51. The molecule has 9 heteroatoms. The fourth-order valence-electron chi connectivity index (χ4n) is 2.75. The van der Waals surface area contributed by atoms with Crippen LogP contribution in [0.15, 0.2) is 34.1 Å². The lowest BCUT2D eigenvalue weighted by Crippen LogP contribution is -2.13. The van der Waals surface area contributed by atoms with Crippen molar-refractivity contribution in [3.8, 4) is 0 Å². The summed E-state index contributed by atoms with van der Waals surface area (Å²) in [5.41, 5.74) is -0.393. The molecule has 1 aliphatic heterocycles. The van der Waals surface area contributed by atoms with Crippen LogP contribution in [0.3, 0.4) is 0 Å². The first-order chi connectivity index (χ1) is 12.2. The molecule has 0 bridgehead atoms. The second-order valence-corrected chi connectivity index (χ2v) is 6.59. The van der Waals surface area contributed by atoms with Crippen molar-refractivity contribution < 1.29 is 39.6 Å². The SMILES string of the molecule is O=C(O)c1cc2c(cc1C(=O)O)Sc1cc(C(=O)O)c(C(=O)O)cc1C2. The number of aromatic carboxylic acids is 4. The number of carbonyl (C=O) groups is 4. The van der Waals surface area contributed by atoms with Crippen molar-refractivity contribution in [3.63, 3.8) is 0 Å². The molecule has 8 nitrogen and oxygen atoms in total. The third-order valence-electron chi connectivity index (χ3n) is 3.92. The van der Waals surface area contributed by atoms with Crippen LogP contribution in [0.5, 0.6) is 0 Å². The van der Waals surface area contributed by atoms with E-state index in [9.17, 15) is 39.6 Å². The Morgan fingerprint density at radius 1 is 0.615 bits per heavy atom. The number of rotatable bonds is 4. The van der Waals surface area contributed by atoms with Crippen LogP contribution in [0.25, 0.3) is 0 Å². The first-order valence-electron chi connectivity index (χ1n) is 7.14. The Bertz CT molecular complexity index is 849. The first kappa shape index (κ1) is 17.5. The van der Waals surface area contributed by atoms with E-state index in [1.54, 1.807) is 0 Å². The van der Waals surface area contributed by atoms with Gasteiger partial charge in [0.05, 0.1) is 22.3 Å². The van der Waals surface area contributed by atoms with Crippen molar-refractivity contribution in [2.45, 2.75) is 16.2 Å². The molecule has 0 saturated heterocycles. The van der Waals surface area contributed by atoms with Gasteiger partial charge < -0.3 is 20.4 Å². The van der Waals surface area contributed by atoms with Gasteiger partial charge in [0, 0.05) is 9.79 Å². The lowest BCUT2D eigenvalue weighted by molar-refractivity contribution is 0.0651. The second kappa shape index (κ2) is 6.19. The van der Waals surface area contributed by atoms with E-state index in [0.717, 1.165) is 11.8 Å². The predicted octanol–water partition coefficient (Wildman–Crippen LogP) is 2.53. The fourth-order valence-corrected chi connectivity index (χ4v) is 3.86. The molecule has 4 N–H and O–H groups in total. The Labute approximate surface area is 149 Å². The fraction of sp³-hybridized carbons (Fsp3) is 0.0588. The van der Waals surface area contributed by atoms with Gasteiger partial charge in [-0.25, -0.2) is 19.2 Å². The third-order valence-corrected chi connectivity index (χ3v) is 5.12. The maximum atomic E-state index is 11.3. The van der Waals surface area contributed by atoms with Gasteiger partial charge in [-0.3, -0.25) is 0 Å². The molecular formula is C17H10O8S. The molecule has 0 amide bonds. The summed E-state index contributed by atoms with van der Waals surface area (Å²) >= 11 is 1.07.